The highest BCUT2D eigenvalue weighted by atomic mass is 79.9. The fourth-order valence-corrected chi connectivity index (χ4v) is 1.63. The molecule has 4 N–H and O–H groups in total. The molecule has 1 aromatic rings. The van der Waals surface area contributed by atoms with E-state index in [1.165, 1.54) is 18.2 Å². The fourth-order valence-electron chi connectivity index (χ4n) is 1.27. The van der Waals surface area contributed by atoms with Gasteiger partial charge in [0, 0.05) is 10.0 Å². The van der Waals surface area contributed by atoms with Crippen LogP contribution in [0.1, 0.15) is 12.0 Å². The molecule has 1 aromatic carbocycles. The summed E-state index contributed by atoms with van der Waals surface area (Å²) in [6.07, 6.45) is -6.22. The zero-order valence-corrected chi connectivity index (χ0v) is 10.9. The molecule has 0 heterocycles. The lowest BCUT2D eigenvalue weighted by Crippen LogP contribution is -2.23. The summed E-state index contributed by atoms with van der Waals surface area (Å²) in [7, 11) is 0. The van der Waals surface area contributed by atoms with E-state index in [4.69, 9.17) is 10.9 Å². The Hall–Kier alpha value is -1.77. The number of carbonyl (C=O) groups excluding carboxylic acids is 1. The Morgan fingerprint density at radius 2 is 2.11 bits per heavy atom. The number of nitrogens with two attached hydrogens (primary N) is 1. The maximum atomic E-state index is 12.1. The molecule has 0 radical (unpaired) electrons. The Labute approximate surface area is 114 Å². The van der Waals surface area contributed by atoms with Crippen molar-refractivity contribution in [2.24, 2.45) is 10.9 Å². The van der Waals surface area contributed by atoms with Crippen molar-refractivity contribution in [2.45, 2.75) is 12.6 Å². The molecule has 1 amide bonds. The molecule has 5 nitrogen and oxygen atoms in total. The molecule has 0 aliphatic carbocycles. The van der Waals surface area contributed by atoms with Crippen LogP contribution >= 0.6 is 15.9 Å². The molecule has 104 valence electrons. The molecule has 9 heteroatoms. The number of amides is 1. The van der Waals surface area contributed by atoms with Crippen LogP contribution < -0.4 is 11.1 Å². The van der Waals surface area contributed by atoms with Gasteiger partial charge in [0.25, 0.3) is 0 Å². The molecule has 1 rings (SSSR count). The molecule has 0 saturated heterocycles. The maximum absolute atomic E-state index is 12.1. The highest BCUT2D eigenvalue weighted by Crippen LogP contribution is 2.24. The molecule has 0 aliphatic heterocycles. The number of amidine groups is 1. The molecular weight excluding hydrogens is 331 g/mol. The van der Waals surface area contributed by atoms with Crippen molar-refractivity contribution in [3.63, 3.8) is 0 Å². The summed E-state index contributed by atoms with van der Waals surface area (Å²) in [5, 5.41) is 13.4. The standard InChI is InChI=1S/C10H9BrF3N3O2/c11-5-1-2-6(9(15)17-19)7(3-5)16-8(18)4-10(12,13)14/h1-3,19H,4H2,(H2,15,17)(H,16,18). The highest BCUT2D eigenvalue weighted by Gasteiger charge is 2.31. The van der Waals surface area contributed by atoms with Gasteiger partial charge in [0.15, 0.2) is 5.84 Å². The van der Waals surface area contributed by atoms with Gasteiger partial charge in [-0.2, -0.15) is 13.2 Å². The quantitative estimate of drug-likeness (QED) is 0.342. The summed E-state index contributed by atoms with van der Waals surface area (Å²) in [6.45, 7) is 0. The smallest absolute Gasteiger partial charge is 0.397 e. The van der Waals surface area contributed by atoms with Crippen LogP contribution in [0.3, 0.4) is 0 Å². The second-order valence-corrected chi connectivity index (χ2v) is 4.43. The van der Waals surface area contributed by atoms with Gasteiger partial charge in [0.1, 0.15) is 6.42 Å². The van der Waals surface area contributed by atoms with Gasteiger partial charge in [-0.25, -0.2) is 0 Å². The minimum atomic E-state index is -4.60. The molecule has 0 aliphatic rings. The van der Waals surface area contributed by atoms with Crippen molar-refractivity contribution >= 4 is 33.4 Å². The van der Waals surface area contributed by atoms with Gasteiger partial charge in [-0.05, 0) is 18.2 Å². The number of hydrogen-bond donors (Lipinski definition) is 3. The molecule has 0 fully saturated rings. The van der Waals surface area contributed by atoms with Gasteiger partial charge in [-0.3, -0.25) is 4.79 Å². The number of alkyl halides is 3. The molecule has 19 heavy (non-hydrogen) atoms. The first-order valence-electron chi connectivity index (χ1n) is 4.87. The van der Waals surface area contributed by atoms with Crippen molar-refractivity contribution in [3.05, 3.63) is 28.2 Å². The number of oxime groups is 1. The van der Waals surface area contributed by atoms with Crippen LogP contribution in [0.2, 0.25) is 0 Å². The molecule has 0 aromatic heterocycles. The number of halogens is 4. The number of benzene rings is 1. The van der Waals surface area contributed by atoms with Crippen molar-refractivity contribution in [3.8, 4) is 0 Å². The van der Waals surface area contributed by atoms with Crippen molar-refractivity contribution in [1.29, 1.82) is 0 Å². The number of anilines is 1. The Morgan fingerprint density at radius 1 is 1.47 bits per heavy atom. The van der Waals surface area contributed by atoms with E-state index in [0.29, 0.717) is 4.47 Å². The number of nitrogens with zero attached hydrogens (tertiary/aromatic N) is 1. The van der Waals surface area contributed by atoms with Crippen LogP contribution in [0.15, 0.2) is 27.8 Å². The monoisotopic (exact) mass is 339 g/mol. The minimum Gasteiger partial charge on any atom is -0.409 e. The summed E-state index contributed by atoms with van der Waals surface area (Å²) in [5.74, 6) is -1.56. The third-order valence-corrected chi connectivity index (χ3v) is 2.49. The zero-order valence-electron chi connectivity index (χ0n) is 9.33. The summed E-state index contributed by atoms with van der Waals surface area (Å²) in [4.78, 5) is 11.2. The number of nitrogens with one attached hydrogen (secondary N) is 1. The molecular formula is C10H9BrF3N3O2. The first-order valence-corrected chi connectivity index (χ1v) is 5.66. The maximum Gasteiger partial charge on any atom is 0.397 e. The van der Waals surface area contributed by atoms with E-state index < -0.39 is 18.5 Å². The van der Waals surface area contributed by atoms with E-state index in [-0.39, 0.29) is 17.1 Å². The van der Waals surface area contributed by atoms with E-state index in [1.807, 2.05) is 0 Å². The average molecular weight is 340 g/mol. The lowest BCUT2D eigenvalue weighted by atomic mass is 10.1. The first-order chi connectivity index (χ1) is 8.73. The predicted octanol–water partition coefficient (Wildman–Crippen LogP) is 2.43. The van der Waals surface area contributed by atoms with Crippen LogP contribution in [0.4, 0.5) is 18.9 Å². The Balaban J connectivity index is 3.00. The van der Waals surface area contributed by atoms with Crippen LogP contribution in [0.25, 0.3) is 0 Å². The lowest BCUT2D eigenvalue weighted by Gasteiger charge is -2.11. The Bertz CT molecular complexity index is 517. The Kier molecular flexibility index (Phi) is 4.76. The predicted molar refractivity (Wildman–Crippen MR) is 66.0 cm³/mol. The van der Waals surface area contributed by atoms with Crippen molar-refractivity contribution in [2.75, 3.05) is 5.32 Å². The third-order valence-electron chi connectivity index (χ3n) is 2.00. The first kappa shape index (κ1) is 15.3. The van der Waals surface area contributed by atoms with E-state index >= 15 is 0 Å². The van der Waals surface area contributed by atoms with E-state index in [1.54, 1.807) is 0 Å². The summed E-state index contributed by atoms with van der Waals surface area (Å²) in [6, 6.07) is 4.27. The van der Waals surface area contributed by atoms with Gasteiger partial charge in [0.2, 0.25) is 5.91 Å². The van der Waals surface area contributed by atoms with Crippen LogP contribution in [0, 0.1) is 0 Å². The second kappa shape index (κ2) is 5.91. The number of carbonyl (C=O) groups is 1. The van der Waals surface area contributed by atoms with Gasteiger partial charge in [-0.1, -0.05) is 21.1 Å². The molecule has 0 spiro atoms. The summed E-state index contributed by atoms with van der Waals surface area (Å²) >= 11 is 3.10. The van der Waals surface area contributed by atoms with E-state index in [0.717, 1.165) is 0 Å². The Morgan fingerprint density at radius 3 is 2.63 bits per heavy atom. The van der Waals surface area contributed by atoms with E-state index in [9.17, 15) is 18.0 Å². The molecule has 0 saturated carbocycles. The number of hydrogen-bond acceptors (Lipinski definition) is 3. The van der Waals surface area contributed by atoms with Crippen molar-refractivity contribution in [1.82, 2.24) is 0 Å². The molecule has 0 bridgehead atoms. The minimum absolute atomic E-state index is 0.0129. The van der Waals surface area contributed by atoms with Gasteiger partial charge in [-0.15, -0.1) is 0 Å². The third kappa shape index (κ3) is 4.78. The van der Waals surface area contributed by atoms with Crippen LogP contribution in [-0.2, 0) is 4.79 Å². The lowest BCUT2D eigenvalue weighted by molar-refractivity contribution is -0.150. The SMILES string of the molecule is N/C(=N/O)c1ccc(Br)cc1NC(=O)CC(F)(F)F. The van der Waals surface area contributed by atoms with Gasteiger partial charge in [0.05, 0.1) is 5.69 Å². The molecule has 0 unspecified atom stereocenters. The van der Waals surface area contributed by atoms with Gasteiger partial charge < -0.3 is 16.3 Å². The summed E-state index contributed by atoms with van der Waals surface area (Å²) < 4.78 is 36.7. The highest BCUT2D eigenvalue weighted by molar-refractivity contribution is 9.10. The summed E-state index contributed by atoms with van der Waals surface area (Å²) in [5.41, 5.74) is 5.48. The fraction of sp³-hybridized carbons (Fsp3) is 0.200. The normalized spacial score (nSPS) is 12.3. The number of rotatable bonds is 3. The van der Waals surface area contributed by atoms with Crippen LogP contribution in [0.5, 0.6) is 0 Å². The largest absolute Gasteiger partial charge is 0.409 e. The van der Waals surface area contributed by atoms with Crippen molar-refractivity contribution < 1.29 is 23.2 Å². The zero-order chi connectivity index (χ0) is 14.6. The topological polar surface area (TPSA) is 87.7 Å². The average Bonchev–Trinajstić information content (AvgIpc) is 2.25. The van der Waals surface area contributed by atoms with Gasteiger partial charge >= 0.3 is 6.18 Å². The van der Waals surface area contributed by atoms with Crippen LogP contribution in [-0.4, -0.2) is 23.1 Å². The van der Waals surface area contributed by atoms with E-state index in [2.05, 4.69) is 26.4 Å². The molecule has 0 atom stereocenters. The second-order valence-electron chi connectivity index (χ2n) is 3.52.